The lowest BCUT2D eigenvalue weighted by Crippen LogP contribution is -2.39. The van der Waals surface area contributed by atoms with E-state index in [4.69, 9.17) is 9.47 Å². The van der Waals surface area contributed by atoms with E-state index in [1.807, 2.05) is 31.2 Å². The van der Waals surface area contributed by atoms with E-state index >= 15 is 0 Å². The molecule has 4 heteroatoms. The van der Waals surface area contributed by atoms with Crippen molar-refractivity contribution in [3.63, 3.8) is 0 Å². The molecule has 2 rings (SSSR count). The van der Waals surface area contributed by atoms with Crippen LogP contribution in [0.1, 0.15) is 26.3 Å². The number of fused-ring (bicyclic) bond motifs is 1. The van der Waals surface area contributed by atoms with Crippen molar-refractivity contribution in [1.29, 1.82) is 0 Å². The summed E-state index contributed by atoms with van der Waals surface area (Å²) < 4.78 is 10.8. The Morgan fingerprint density at radius 1 is 1.30 bits per heavy atom. The molecule has 0 N–H and O–H groups in total. The Morgan fingerprint density at radius 2 is 2.05 bits per heavy atom. The number of carbonyl (C=O) groups is 1. The zero-order valence-corrected chi connectivity index (χ0v) is 12.3. The first-order chi connectivity index (χ1) is 9.44. The molecule has 0 unspecified atom stereocenters. The predicted molar refractivity (Wildman–Crippen MR) is 77.8 cm³/mol. The summed E-state index contributed by atoms with van der Waals surface area (Å²) in [5.41, 5.74) is 1.01. The molecule has 0 atom stereocenters. The van der Waals surface area contributed by atoms with Crippen molar-refractivity contribution >= 4 is 16.9 Å². The Labute approximate surface area is 118 Å². The van der Waals surface area contributed by atoms with E-state index < -0.39 is 5.60 Å². The molecule has 4 nitrogen and oxygen atoms in total. The van der Waals surface area contributed by atoms with Crippen LogP contribution in [-0.2, 0) is 9.53 Å². The van der Waals surface area contributed by atoms with E-state index in [0.29, 0.717) is 12.4 Å². The summed E-state index contributed by atoms with van der Waals surface area (Å²) in [4.78, 5) is 16.1. The fourth-order valence-electron chi connectivity index (χ4n) is 1.97. The van der Waals surface area contributed by atoms with Gasteiger partial charge in [0.25, 0.3) is 0 Å². The van der Waals surface area contributed by atoms with E-state index in [1.165, 1.54) is 0 Å². The molecule has 0 fully saturated rings. The second-order valence-corrected chi connectivity index (χ2v) is 5.14. The molecule has 0 radical (unpaired) electrons. The minimum Gasteiger partial charge on any atom is -0.476 e. The fourth-order valence-corrected chi connectivity index (χ4v) is 1.97. The van der Waals surface area contributed by atoms with Crippen molar-refractivity contribution in [2.45, 2.75) is 33.3 Å². The van der Waals surface area contributed by atoms with Crippen LogP contribution in [0.4, 0.5) is 0 Å². The second kappa shape index (κ2) is 5.49. The van der Waals surface area contributed by atoms with Gasteiger partial charge in [0, 0.05) is 11.6 Å². The van der Waals surface area contributed by atoms with Crippen LogP contribution in [-0.4, -0.2) is 23.2 Å². The topological polar surface area (TPSA) is 48.4 Å². The molecular weight excluding hydrogens is 254 g/mol. The van der Waals surface area contributed by atoms with E-state index in [0.717, 1.165) is 16.5 Å². The summed E-state index contributed by atoms with van der Waals surface area (Å²) in [5.74, 6) is 0.259. The Morgan fingerprint density at radius 3 is 2.75 bits per heavy atom. The minimum absolute atomic E-state index is 0.340. The van der Waals surface area contributed by atoms with Crippen molar-refractivity contribution in [2.75, 3.05) is 6.61 Å². The van der Waals surface area contributed by atoms with Gasteiger partial charge in [-0.3, -0.25) is 4.98 Å². The maximum Gasteiger partial charge on any atom is 0.349 e. The van der Waals surface area contributed by atoms with Crippen molar-refractivity contribution in [3.05, 3.63) is 36.0 Å². The van der Waals surface area contributed by atoms with Crippen LogP contribution in [0.25, 0.3) is 10.9 Å². The molecule has 0 aliphatic heterocycles. The van der Waals surface area contributed by atoms with Crippen molar-refractivity contribution in [2.24, 2.45) is 0 Å². The molecule has 2 aromatic rings. The zero-order chi connectivity index (χ0) is 14.8. The molecule has 1 heterocycles. The lowest BCUT2D eigenvalue weighted by atomic mass is 10.1. The lowest BCUT2D eigenvalue weighted by Gasteiger charge is -2.24. The molecule has 106 valence electrons. The van der Waals surface area contributed by atoms with Gasteiger partial charge in [-0.1, -0.05) is 0 Å². The predicted octanol–water partition coefficient (Wildman–Crippen LogP) is 3.26. The number of benzene rings is 1. The second-order valence-electron chi connectivity index (χ2n) is 5.14. The van der Waals surface area contributed by atoms with Crippen molar-refractivity contribution in [3.8, 4) is 5.75 Å². The van der Waals surface area contributed by atoms with Gasteiger partial charge in [-0.2, -0.15) is 0 Å². The number of aryl methyl sites for hydroxylation is 1. The highest BCUT2D eigenvalue weighted by molar-refractivity contribution is 5.83. The first-order valence-corrected chi connectivity index (χ1v) is 6.65. The van der Waals surface area contributed by atoms with Crippen LogP contribution in [0, 0.1) is 6.92 Å². The fraction of sp³-hybridized carbons (Fsp3) is 0.375. The molecule has 0 aliphatic carbocycles. The maximum absolute atomic E-state index is 11.8. The third-order valence-corrected chi connectivity index (χ3v) is 3.07. The van der Waals surface area contributed by atoms with E-state index in [9.17, 15) is 4.79 Å². The van der Waals surface area contributed by atoms with Crippen molar-refractivity contribution < 1.29 is 14.3 Å². The lowest BCUT2D eigenvalue weighted by molar-refractivity contribution is -0.158. The molecule has 1 aromatic heterocycles. The highest BCUT2D eigenvalue weighted by Gasteiger charge is 2.31. The number of hydrogen-bond acceptors (Lipinski definition) is 4. The third kappa shape index (κ3) is 2.90. The standard InChI is InChI=1S/C16H19NO3/c1-5-19-15(18)16(3,4)20-12-6-7-14-13(10-12)11(2)8-9-17-14/h6-10H,5H2,1-4H3. The first-order valence-electron chi connectivity index (χ1n) is 6.65. The smallest absolute Gasteiger partial charge is 0.349 e. The SMILES string of the molecule is CCOC(=O)C(C)(C)Oc1ccc2nccc(C)c2c1. The summed E-state index contributed by atoms with van der Waals surface area (Å²) in [6, 6.07) is 7.55. The normalized spacial score (nSPS) is 11.4. The number of nitrogens with zero attached hydrogens (tertiary/aromatic N) is 1. The third-order valence-electron chi connectivity index (χ3n) is 3.07. The van der Waals surface area contributed by atoms with Crippen LogP contribution in [0.2, 0.25) is 0 Å². The van der Waals surface area contributed by atoms with Gasteiger partial charge in [0.15, 0.2) is 5.60 Å². The number of carbonyl (C=O) groups excluding carboxylic acids is 1. The number of pyridine rings is 1. The minimum atomic E-state index is -1.01. The van der Waals surface area contributed by atoms with Crippen molar-refractivity contribution in [1.82, 2.24) is 4.98 Å². The molecule has 20 heavy (non-hydrogen) atoms. The largest absolute Gasteiger partial charge is 0.476 e. The summed E-state index contributed by atoms with van der Waals surface area (Å²) in [6.07, 6.45) is 1.78. The summed E-state index contributed by atoms with van der Waals surface area (Å²) in [7, 11) is 0. The van der Waals surface area contributed by atoms with Gasteiger partial charge in [-0.15, -0.1) is 0 Å². The average molecular weight is 273 g/mol. The molecule has 0 saturated carbocycles. The van der Waals surface area contributed by atoms with Gasteiger partial charge in [-0.25, -0.2) is 4.79 Å². The molecule has 0 aliphatic rings. The molecule has 0 bridgehead atoms. The zero-order valence-electron chi connectivity index (χ0n) is 12.3. The highest BCUT2D eigenvalue weighted by atomic mass is 16.6. The van der Waals surface area contributed by atoms with E-state index in [-0.39, 0.29) is 5.97 Å². The van der Waals surface area contributed by atoms with Crippen LogP contribution in [0.15, 0.2) is 30.5 Å². The number of aromatic nitrogens is 1. The van der Waals surface area contributed by atoms with E-state index in [2.05, 4.69) is 4.98 Å². The Bertz CT molecular complexity index is 635. The summed E-state index contributed by atoms with van der Waals surface area (Å²) >= 11 is 0. The number of esters is 1. The number of ether oxygens (including phenoxy) is 2. The quantitative estimate of drug-likeness (QED) is 0.802. The van der Waals surface area contributed by atoms with Gasteiger partial charge in [-0.05, 0) is 57.5 Å². The summed E-state index contributed by atoms with van der Waals surface area (Å²) in [5, 5.41) is 1.02. The monoisotopic (exact) mass is 273 g/mol. The van der Waals surface area contributed by atoms with Crippen LogP contribution < -0.4 is 4.74 Å². The molecule has 0 spiro atoms. The number of rotatable bonds is 4. The van der Waals surface area contributed by atoms with Crippen LogP contribution >= 0.6 is 0 Å². The average Bonchev–Trinajstić information content (AvgIpc) is 2.39. The van der Waals surface area contributed by atoms with Crippen LogP contribution in [0.3, 0.4) is 0 Å². The van der Waals surface area contributed by atoms with Gasteiger partial charge in [0.2, 0.25) is 0 Å². The maximum atomic E-state index is 11.8. The Hall–Kier alpha value is -2.10. The molecule has 0 amide bonds. The molecular formula is C16H19NO3. The Kier molecular flexibility index (Phi) is 3.93. The Balaban J connectivity index is 2.30. The van der Waals surface area contributed by atoms with Gasteiger partial charge in [0.05, 0.1) is 12.1 Å². The highest BCUT2D eigenvalue weighted by Crippen LogP contribution is 2.25. The van der Waals surface area contributed by atoms with E-state index in [1.54, 1.807) is 27.0 Å². The summed E-state index contributed by atoms with van der Waals surface area (Å²) in [6.45, 7) is 7.53. The van der Waals surface area contributed by atoms with Gasteiger partial charge in [0.1, 0.15) is 5.75 Å². The van der Waals surface area contributed by atoms with Crippen LogP contribution in [0.5, 0.6) is 5.75 Å². The molecule has 1 aromatic carbocycles. The first kappa shape index (κ1) is 14.3. The molecule has 0 saturated heterocycles. The number of hydrogen-bond donors (Lipinski definition) is 0. The van der Waals surface area contributed by atoms with Gasteiger partial charge < -0.3 is 9.47 Å². The van der Waals surface area contributed by atoms with Gasteiger partial charge >= 0.3 is 5.97 Å².